The van der Waals surface area contributed by atoms with Crippen LogP contribution in [0.3, 0.4) is 0 Å². The van der Waals surface area contributed by atoms with E-state index in [4.69, 9.17) is 11.6 Å². The Bertz CT molecular complexity index is 522. The molecule has 0 saturated heterocycles. The van der Waals surface area contributed by atoms with Crippen molar-refractivity contribution in [3.63, 3.8) is 0 Å². The molecule has 0 aliphatic heterocycles. The molecular formula is C17H20ClNS. The van der Waals surface area contributed by atoms with Crippen LogP contribution in [0.15, 0.2) is 53.4 Å². The van der Waals surface area contributed by atoms with Gasteiger partial charge in [0.2, 0.25) is 0 Å². The third-order valence-electron chi connectivity index (χ3n) is 3.39. The van der Waals surface area contributed by atoms with Crippen molar-refractivity contribution in [2.24, 2.45) is 0 Å². The van der Waals surface area contributed by atoms with Gasteiger partial charge in [0, 0.05) is 16.0 Å². The van der Waals surface area contributed by atoms with E-state index in [-0.39, 0.29) is 0 Å². The van der Waals surface area contributed by atoms with Crippen LogP contribution in [-0.4, -0.2) is 12.8 Å². The Morgan fingerprint density at radius 3 is 2.30 bits per heavy atom. The maximum absolute atomic E-state index is 5.88. The highest BCUT2D eigenvalue weighted by molar-refractivity contribution is 7.98. The minimum absolute atomic E-state index is 0.373. The fourth-order valence-corrected chi connectivity index (χ4v) is 2.63. The van der Waals surface area contributed by atoms with Crippen molar-refractivity contribution in [1.29, 1.82) is 0 Å². The van der Waals surface area contributed by atoms with Crippen molar-refractivity contribution in [1.82, 2.24) is 5.32 Å². The Hall–Kier alpha value is -0.960. The first kappa shape index (κ1) is 15.4. The van der Waals surface area contributed by atoms with Gasteiger partial charge in [0.15, 0.2) is 0 Å². The molecule has 0 spiro atoms. The van der Waals surface area contributed by atoms with Gasteiger partial charge in [0.25, 0.3) is 0 Å². The topological polar surface area (TPSA) is 12.0 Å². The molecular weight excluding hydrogens is 286 g/mol. The Morgan fingerprint density at radius 2 is 1.70 bits per heavy atom. The lowest BCUT2D eigenvalue weighted by atomic mass is 10.1. The van der Waals surface area contributed by atoms with Crippen LogP contribution in [0.5, 0.6) is 0 Å². The van der Waals surface area contributed by atoms with Crippen molar-refractivity contribution < 1.29 is 0 Å². The number of hydrogen-bond acceptors (Lipinski definition) is 2. The van der Waals surface area contributed by atoms with Gasteiger partial charge in [-0.25, -0.2) is 0 Å². The van der Waals surface area contributed by atoms with Crippen molar-refractivity contribution in [2.75, 3.05) is 12.8 Å². The van der Waals surface area contributed by atoms with Gasteiger partial charge in [-0.05, 0) is 61.5 Å². The average Bonchev–Trinajstić information content (AvgIpc) is 2.49. The second-order valence-corrected chi connectivity index (χ2v) is 6.14. The summed E-state index contributed by atoms with van der Waals surface area (Å²) in [6, 6.07) is 17.2. The maximum Gasteiger partial charge on any atom is 0.0406 e. The standard InChI is InChI=1S/C17H20ClNS/c1-13(15-5-9-17(20-2)10-6-15)19-12-11-14-3-7-16(18)8-4-14/h3-10,13,19H,11-12H2,1-2H3. The molecule has 0 aliphatic rings. The van der Waals surface area contributed by atoms with E-state index >= 15 is 0 Å². The lowest BCUT2D eigenvalue weighted by molar-refractivity contribution is 0.576. The molecule has 2 rings (SSSR count). The lowest BCUT2D eigenvalue weighted by Crippen LogP contribution is -2.21. The minimum Gasteiger partial charge on any atom is -0.310 e. The van der Waals surface area contributed by atoms with Gasteiger partial charge in [-0.1, -0.05) is 35.9 Å². The van der Waals surface area contributed by atoms with E-state index in [0.717, 1.165) is 18.0 Å². The van der Waals surface area contributed by atoms with E-state index in [2.05, 4.69) is 54.9 Å². The summed E-state index contributed by atoms with van der Waals surface area (Å²) in [6.07, 6.45) is 3.12. The second-order valence-electron chi connectivity index (χ2n) is 4.83. The summed E-state index contributed by atoms with van der Waals surface area (Å²) in [7, 11) is 0. The van der Waals surface area contributed by atoms with E-state index in [9.17, 15) is 0 Å². The van der Waals surface area contributed by atoms with Gasteiger partial charge in [-0.15, -0.1) is 11.8 Å². The summed E-state index contributed by atoms with van der Waals surface area (Å²) in [5, 5.41) is 4.36. The molecule has 106 valence electrons. The molecule has 1 nitrogen and oxygen atoms in total. The van der Waals surface area contributed by atoms with Crippen LogP contribution >= 0.6 is 23.4 Å². The molecule has 2 aromatic rings. The molecule has 0 aromatic heterocycles. The monoisotopic (exact) mass is 305 g/mol. The first-order valence-corrected chi connectivity index (χ1v) is 8.41. The molecule has 0 amide bonds. The number of halogens is 1. The van der Waals surface area contributed by atoms with E-state index in [1.807, 2.05) is 12.1 Å². The SMILES string of the molecule is CSc1ccc(C(C)NCCc2ccc(Cl)cc2)cc1. The van der Waals surface area contributed by atoms with E-state index in [1.165, 1.54) is 16.0 Å². The van der Waals surface area contributed by atoms with Crippen molar-refractivity contribution in [3.8, 4) is 0 Å². The molecule has 0 bridgehead atoms. The normalized spacial score (nSPS) is 12.3. The van der Waals surface area contributed by atoms with E-state index in [1.54, 1.807) is 11.8 Å². The number of hydrogen-bond donors (Lipinski definition) is 1. The van der Waals surface area contributed by atoms with Crippen LogP contribution in [0, 0.1) is 0 Å². The third-order valence-corrected chi connectivity index (χ3v) is 4.39. The molecule has 20 heavy (non-hydrogen) atoms. The van der Waals surface area contributed by atoms with E-state index < -0.39 is 0 Å². The molecule has 3 heteroatoms. The van der Waals surface area contributed by atoms with Gasteiger partial charge >= 0.3 is 0 Å². The number of thioether (sulfide) groups is 1. The quantitative estimate of drug-likeness (QED) is 0.757. The summed E-state index contributed by atoms with van der Waals surface area (Å²) in [5.41, 5.74) is 2.64. The highest BCUT2D eigenvalue weighted by atomic mass is 35.5. The fourth-order valence-electron chi connectivity index (χ4n) is 2.09. The molecule has 1 N–H and O–H groups in total. The Balaban J connectivity index is 1.82. The van der Waals surface area contributed by atoms with Crippen molar-refractivity contribution in [2.45, 2.75) is 24.3 Å². The van der Waals surface area contributed by atoms with Crippen LogP contribution in [0.1, 0.15) is 24.1 Å². The molecule has 0 heterocycles. The fraction of sp³-hybridized carbons (Fsp3) is 0.294. The lowest BCUT2D eigenvalue weighted by Gasteiger charge is -2.14. The molecule has 2 aromatic carbocycles. The summed E-state index contributed by atoms with van der Waals surface area (Å²) >= 11 is 7.66. The predicted molar refractivity (Wildman–Crippen MR) is 89.8 cm³/mol. The highest BCUT2D eigenvalue weighted by Crippen LogP contribution is 2.19. The summed E-state index contributed by atoms with van der Waals surface area (Å²) in [4.78, 5) is 1.31. The maximum atomic E-state index is 5.88. The van der Waals surface area contributed by atoms with Crippen LogP contribution < -0.4 is 5.32 Å². The molecule has 0 radical (unpaired) electrons. The number of nitrogens with one attached hydrogen (secondary N) is 1. The Labute approximate surface area is 130 Å². The molecule has 1 atom stereocenters. The Kier molecular flexibility index (Phi) is 5.96. The second kappa shape index (κ2) is 7.72. The smallest absolute Gasteiger partial charge is 0.0406 e. The molecule has 1 unspecified atom stereocenters. The largest absolute Gasteiger partial charge is 0.310 e. The molecule has 0 saturated carbocycles. The highest BCUT2D eigenvalue weighted by Gasteiger charge is 2.04. The van der Waals surface area contributed by atoms with Gasteiger partial charge in [-0.3, -0.25) is 0 Å². The number of benzene rings is 2. The van der Waals surface area contributed by atoms with Crippen LogP contribution in [0.4, 0.5) is 0 Å². The number of rotatable bonds is 6. The summed E-state index contributed by atoms with van der Waals surface area (Å²) in [5.74, 6) is 0. The van der Waals surface area contributed by atoms with Crippen molar-refractivity contribution in [3.05, 3.63) is 64.7 Å². The molecule has 0 aliphatic carbocycles. The van der Waals surface area contributed by atoms with Crippen LogP contribution in [-0.2, 0) is 6.42 Å². The van der Waals surface area contributed by atoms with Gasteiger partial charge < -0.3 is 5.32 Å². The van der Waals surface area contributed by atoms with Crippen molar-refractivity contribution >= 4 is 23.4 Å². The van der Waals surface area contributed by atoms with Crippen LogP contribution in [0.2, 0.25) is 5.02 Å². The van der Waals surface area contributed by atoms with Gasteiger partial charge in [-0.2, -0.15) is 0 Å². The summed E-state index contributed by atoms with van der Waals surface area (Å²) in [6.45, 7) is 3.17. The minimum atomic E-state index is 0.373. The first-order valence-electron chi connectivity index (χ1n) is 6.81. The zero-order chi connectivity index (χ0) is 14.4. The van der Waals surface area contributed by atoms with Gasteiger partial charge in [0.1, 0.15) is 0 Å². The zero-order valence-corrected chi connectivity index (χ0v) is 13.5. The van der Waals surface area contributed by atoms with Crippen LogP contribution in [0.25, 0.3) is 0 Å². The predicted octanol–water partition coefficient (Wildman–Crippen LogP) is 4.96. The third kappa shape index (κ3) is 4.55. The first-order chi connectivity index (χ1) is 9.69. The summed E-state index contributed by atoms with van der Waals surface area (Å²) < 4.78 is 0. The van der Waals surface area contributed by atoms with Gasteiger partial charge in [0.05, 0.1) is 0 Å². The molecule has 0 fully saturated rings. The van der Waals surface area contributed by atoms with E-state index in [0.29, 0.717) is 6.04 Å². The average molecular weight is 306 g/mol. The Morgan fingerprint density at radius 1 is 1.05 bits per heavy atom. The zero-order valence-electron chi connectivity index (χ0n) is 11.9.